The lowest BCUT2D eigenvalue weighted by Crippen LogP contribution is -2.37. The molecule has 0 atom stereocenters. The smallest absolute Gasteiger partial charge is 0.160 e. The molecule has 0 unspecified atom stereocenters. The van der Waals surface area contributed by atoms with Crippen LogP contribution in [0.1, 0.15) is 81.3 Å². The van der Waals surface area contributed by atoms with E-state index >= 15 is 0 Å². The molecule has 150 valence electrons. The normalized spacial score (nSPS) is 37.9. The fraction of sp³-hybridized carbons (Fsp3) is 0.750. The van der Waals surface area contributed by atoms with Crippen molar-refractivity contribution in [2.45, 2.75) is 76.4 Å². The van der Waals surface area contributed by atoms with Gasteiger partial charge in [0.2, 0.25) is 0 Å². The molecule has 0 radical (unpaired) electrons. The molecule has 0 amide bonds. The summed E-state index contributed by atoms with van der Waals surface area (Å²) in [6.45, 7) is 3.70. The molecule has 4 rings (SSSR count). The van der Waals surface area contributed by atoms with Crippen LogP contribution in [0.15, 0.2) is 24.3 Å². The first kappa shape index (κ1) is 19.4. The highest BCUT2D eigenvalue weighted by molar-refractivity contribution is 5.28. The van der Waals surface area contributed by atoms with Crippen molar-refractivity contribution in [1.29, 1.82) is 0 Å². The molecule has 3 heteroatoms. The monoisotopic (exact) mass is 374 g/mol. The van der Waals surface area contributed by atoms with Crippen LogP contribution in [0.2, 0.25) is 0 Å². The SMILES string of the molecule is CC1CCC(c2ccc(C3COC(C4CCC(CF)CC4)OC3)cc2)CC1. The summed E-state index contributed by atoms with van der Waals surface area (Å²) in [4.78, 5) is 0. The Labute approximate surface area is 163 Å². The lowest BCUT2D eigenvalue weighted by molar-refractivity contribution is -0.218. The molecule has 27 heavy (non-hydrogen) atoms. The third kappa shape index (κ3) is 4.74. The highest BCUT2D eigenvalue weighted by atomic mass is 19.1. The van der Waals surface area contributed by atoms with Gasteiger partial charge in [-0.3, -0.25) is 4.39 Å². The number of benzene rings is 1. The van der Waals surface area contributed by atoms with Crippen molar-refractivity contribution in [1.82, 2.24) is 0 Å². The lowest BCUT2D eigenvalue weighted by atomic mass is 9.79. The molecule has 2 saturated carbocycles. The predicted octanol–water partition coefficient (Wildman–Crippen LogP) is 6.21. The highest BCUT2D eigenvalue weighted by Crippen LogP contribution is 2.37. The molecule has 0 aromatic heterocycles. The fourth-order valence-electron chi connectivity index (χ4n) is 5.23. The number of hydrogen-bond donors (Lipinski definition) is 0. The summed E-state index contributed by atoms with van der Waals surface area (Å²) in [7, 11) is 0. The Morgan fingerprint density at radius 3 is 1.89 bits per heavy atom. The molecule has 2 nitrogen and oxygen atoms in total. The molecule has 0 N–H and O–H groups in total. The van der Waals surface area contributed by atoms with Gasteiger partial charge >= 0.3 is 0 Å². The minimum Gasteiger partial charge on any atom is -0.352 e. The van der Waals surface area contributed by atoms with Crippen LogP contribution in [0, 0.1) is 17.8 Å². The maximum absolute atomic E-state index is 12.8. The largest absolute Gasteiger partial charge is 0.352 e. The third-order valence-corrected chi connectivity index (χ3v) is 7.31. The zero-order chi connectivity index (χ0) is 18.6. The van der Waals surface area contributed by atoms with Crippen molar-refractivity contribution in [3.05, 3.63) is 35.4 Å². The average molecular weight is 375 g/mol. The van der Waals surface area contributed by atoms with Crippen LogP contribution in [0.4, 0.5) is 4.39 Å². The number of alkyl halides is 1. The van der Waals surface area contributed by atoms with Gasteiger partial charge in [0.05, 0.1) is 19.9 Å². The van der Waals surface area contributed by atoms with Crippen molar-refractivity contribution in [2.75, 3.05) is 19.9 Å². The molecule has 3 fully saturated rings. The minimum atomic E-state index is -0.170. The van der Waals surface area contributed by atoms with E-state index in [1.807, 2.05) is 0 Å². The first-order valence-electron chi connectivity index (χ1n) is 11.1. The zero-order valence-corrected chi connectivity index (χ0v) is 16.7. The van der Waals surface area contributed by atoms with Crippen LogP contribution < -0.4 is 0 Å². The number of rotatable bonds is 4. The van der Waals surface area contributed by atoms with Crippen LogP contribution in [-0.4, -0.2) is 26.2 Å². The van der Waals surface area contributed by atoms with Crippen molar-refractivity contribution in [3.63, 3.8) is 0 Å². The standard InChI is InChI=1S/C24H35FO2/c1-17-2-6-19(7-3-17)20-10-12-21(13-11-20)23-15-26-24(27-16-23)22-8-4-18(14-25)5-9-22/h10-13,17-19,22-24H,2-9,14-16H2,1H3. The van der Waals surface area contributed by atoms with E-state index in [4.69, 9.17) is 9.47 Å². The van der Waals surface area contributed by atoms with E-state index < -0.39 is 0 Å². The third-order valence-electron chi connectivity index (χ3n) is 7.31. The molecular formula is C24H35FO2. The van der Waals surface area contributed by atoms with Crippen LogP contribution in [0.5, 0.6) is 0 Å². The average Bonchev–Trinajstić information content (AvgIpc) is 2.75. The van der Waals surface area contributed by atoms with E-state index in [-0.39, 0.29) is 18.9 Å². The quantitative estimate of drug-likeness (QED) is 0.623. The van der Waals surface area contributed by atoms with Crippen LogP contribution in [-0.2, 0) is 9.47 Å². The van der Waals surface area contributed by atoms with Gasteiger partial charge in [-0.1, -0.05) is 44.0 Å². The summed E-state index contributed by atoms with van der Waals surface area (Å²) in [5, 5.41) is 0. The van der Waals surface area contributed by atoms with Gasteiger partial charge in [-0.2, -0.15) is 0 Å². The Balaban J connectivity index is 1.27. The molecule has 2 aliphatic carbocycles. The second kappa shape index (κ2) is 9.05. The Morgan fingerprint density at radius 2 is 1.33 bits per heavy atom. The van der Waals surface area contributed by atoms with E-state index in [1.54, 1.807) is 0 Å². The van der Waals surface area contributed by atoms with Crippen LogP contribution >= 0.6 is 0 Å². The summed E-state index contributed by atoms with van der Waals surface area (Å²) in [6.07, 6.45) is 9.37. The minimum absolute atomic E-state index is 0.0784. The Kier molecular flexibility index (Phi) is 6.50. The summed E-state index contributed by atoms with van der Waals surface area (Å²) < 4.78 is 25.0. The second-order valence-corrected chi connectivity index (χ2v) is 9.29. The Morgan fingerprint density at radius 1 is 0.778 bits per heavy atom. The molecule has 0 spiro atoms. The molecule has 1 saturated heterocycles. The van der Waals surface area contributed by atoms with Gasteiger partial charge in [0.25, 0.3) is 0 Å². The molecule has 1 aromatic rings. The van der Waals surface area contributed by atoms with E-state index in [1.165, 1.54) is 36.8 Å². The highest BCUT2D eigenvalue weighted by Gasteiger charge is 2.33. The van der Waals surface area contributed by atoms with Gasteiger partial charge in [-0.05, 0) is 67.4 Å². The predicted molar refractivity (Wildman–Crippen MR) is 107 cm³/mol. The molecule has 1 heterocycles. The second-order valence-electron chi connectivity index (χ2n) is 9.29. The van der Waals surface area contributed by atoms with Gasteiger partial charge in [0, 0.05) is 11.8 Å². The molecular weight excluding hydrogens is 339 g/mol. The van der Waals surface area contributed by atoms with E-state index in [2.05, 4.69) is 31.2 Å². The maximum atomic E-state index is 12.8. The molecule has 0 bridgehead atoms. The van der Waals surface area contributed by atoms with E-state index in [9.17, 15) is 4.39 Å². The van der Waals surface area contributed by atoms with Gasteiger partial charge in [0.1, 0.15) is 0 Å². The van der Waals surface area contributed by atoms with E-state index in [0.29, 0.717) is 11.8 Å². The van der Waals surface area contributed by atoms with Crippen molar-refractivity contribution in [3.8, 4) is 0 Å². The summed E-state index contributed by atoms with van der Waals surface area (Å²) in [5.74, 6) is 2.70. The fourth-order valence-corrected chi connectivity index (χ4v) is 5.23. The summed E-state index contributed by atoms with van der Waals surface area (Å²) in [5.41, 5.74) is 2.84. The first-order chi connectivity index (χ1) is 13.2. The van der Waals surface area contributed by atoms with Crippen molar-refractivity contribution in [2.24, 2.45) is 17.8 Å². The van der Waals surface area contributed by atoms with Crippen LogP contribution in [0.3, 0.4) is 0 Å². The number of ether oxygens (including phenoxy) is 2. The Hall–Kier alpha value is -0.930. The van der Waals surface area contributed by atoms with Gasteiger partial charge in [0.15, 0.2) is 6.29 Å². The number of halogens is 1. The van der Waals surface area contributed by atoms with E-state index in [0.717, 1.165) is 50.7 Å². The topological polar surface area (TPSA) is 18.5 Å². The molecule has 3 aliphatic rings. The van der Waals surface area contributed by atoms with Crippen molar-refractivity contribution < 1.29 is 13.9 Å². The maximum Gasteiger partial charge on any atom is 0.160 e. The lowest BCUT2D eigenvalue weighted by Gasteiger charge is -2.37. The Bertz CT molecular complexity index is 563. The number of hydrogen-bond acceptors (Lipinski definition) is 2. The molecule has 1 aromatic carbocycles. The van der Waals surface area contributed by atoms with Gasteiger partial charge < -0.3 is 9.47 Å². The van der Waals surface area contributed by atoms with Crippen molar-refractivity contribution >= 4 is 0 Å². The summed E-state index contributed by atoms with van der Waals surface area (Å²) in [6, 6.07) is 9.25. The van der Waals surface area contributed by atoms with Gasteiger partial charge in [-0.15, -0.1) is 0 Å². The zero-order valence-electron chi connectivity index (χ0n) is 16.7. The van der Waals surface area contributed by atoms with Gasteiger partial charge in [-0.25, -0.2) is 0 Å². The summed E-state index contributed by atoms with van der Waals surface area (Å²) >= 11 is 0. The van der Waals surface area contributed by atoms with Crippen LogP contribution in [0.25, 0.3) is 0 Å². The molecule has 1 aliphatic heterocycles. The first-order valence-corrected chi connectivity index (χ1v) is 11.1.